The Hall–Kier alpha value is -6.07. The van der Waals surface area contributed by atoms with Crippen LogP contribution in [0.1, 0.15) is 0 Å². The largest absolute Gasteiger partial charge is 0.458 e. The maximum absolute atomic E-state index is 6.69. The molecule has 4 nitrogen and oxygen atoms in total. The van der Waals surface area contributed by atoms with Gasteiger partial charge in [0, 0.05) is 45.2 Å². The van der Waals surface area contributed by atoms with E-state index >= 15 is 0 Å². The van der Waals surface area contributed by atoms with Crippen molar-refractivity contribution in [3.05, 3.63) is 158 Å². The maximum Gasteiger partial charge on any atom is 0.250 e. The highest BCUT2D eigenvalue weighted by molar-refractivity contribution is 6.96. The summed E-state index contributed by atoms with van der Waals surface area (Å²) in [6.45, 7) is 0.0896. The highest BCUT2D eigenvalue weighted by Crippen LogP contribution is 2.41. The highest BCUT2D eigenvalue weighted by Gasteiger charge is 2.32. The molecule has 5 heteroatoms. The number of fused-ring (bicyclic) bond motifs is 9. The van der Waals surface area contributed by atoms with E-state index in [1.807, 2.05) is 12.3 Å². The molecular formula is C41H26BN3O. The average molecular weight is 587 g/mol. The van der Waals surface area contributed by atoms with E-state index in [0.29, 0.717) is 0 Å². The summed E-state index contributed by atoms with van der Waals surface area (Å²) in [6.07, 6.45) is 1.88. The summed E-state index contributed by atoms with van der Waals surface area (Å²) in [5.41, 5.74) is 10.1. The zero-order chi connectivity index (χ0) is 30.2. The summed E-state index contributed by atoms with van der Waals surface area (Å²) in [6, 6.07) is 53.9. The minimum absolute atomic E-state index is 0.0896. The second-order valence-electron chi connectivity index (χ2n) is 12.0. The lowest BCUT2D eigenvalue weighted by atomic mass is 9.36. The molecule has 46 heavy (non-hydrogen) atoms. The number of ether oxygens (including phenoxy) is 1. The standard InChI is InChI=1S/C41H26BN3O/c1-3-12-27(13-4-1)42-34-18-8-10-20-37(34)46-38-26-29(21-24-35(38)42)44-36-19-9-7-16-30(36)31-22-23-32-33-17-11-25-43-41(33)45(40(32)39(31)44)28-14-5-2-6-15-28/h1-26H. The molecule has 3 aromatic heterocycles. The van der Waals surface area contributed by atoms with E-state index < -0.39 is 0 Å². The first-order valence-electron chi connectivity index (χ1n) is 15.7. The van der Waals surface area contributed by atoms with E-state index in [2.05, 4.69) is 155 Å². The highest BCUT2D eigenvalue weighted by atomic mass is 16.5. The first-order valence-corrected chi connectivity index (χ1v) is 15.7. The Morgan fingerprint density at radius 2 is 1.15 bits per heavy atom. The van der Waals surface area contributed by atoms with Gasteiger partial charge in [0.15, 0.2) is 0 Å². The van der Waals surface area contributed by atoms with Crippen molar-refractivity contribution in [1.82, 2.24) is 14.1 Å². The molecule has 0 amide bonds. The molecule has 0 aliphatic carbocycles. The predicted octanol–water partition coefficient (Wildman–Crippen LogP) is 7.90. The summed E-state index contributed by atoms with van der Waals surface area (Å²) in [4.78, 5) is 4.91. The minimum Gasteiger partial charge on any atom is -0.458 e. The Kier molecular flexibility index (Phi) is 5.34. The second kappa shape index (κ2) is 9.72. The van der Waals surface area contributed by atoms with Crippen molar-refractivity contribution in [3.63, 3.8) is 0 Å². The third-order valence-electron chi connectivity index (χ3n) is 9.49. The Labute approximate surface area is 265 Å². The summed E-state index contributed by atoms with van der Waals surface area (Å²) < 4.78 is 11.4. The van der Waals surface area contributed by atoms with Crippen LogP contribution < -0.4 is 21.1 Å². The molecule has 0 N–H and O–H groups in total. The van der Waals surface area contributed by atoms with E-state index in [0.717, 1.165) is 50.5 Å². The number of benzene rings is 6. The molecule has 0 fully saturated rings. The molecule has 10 rings (SSSR count). The smallest absolute Gasteiger partial charge is 0.250 e. The number of aromatic nitrogens is 3. The van der Waals surface area contributed by atoms with Crippen LogP contribution in [0.2, 0.25) is 0 Å². The molecule has 0 spiro atoms. The van der Waals surface area contributed by atoms with Gasteiger partial charge in [0.1, 0.15) is 17.1 Å². The normalized spacial score (nSPS) is 12.5. The summed E-state index contributed by atoms with van der Waals surface area (Å²) in [7, 11) is 0. The van der Waals surface area contributed by atoms with Gasteiger partial charge in [-0.05, 0) is 53.4 Å². The van der Waals surface area contributed by atoms with Gasteiger partial charge < -0.3 is 9.30 Å². The van der Waals surface area contributed by atoms with Gasteiger partial charge in [-0.25, -0.2) is 4.98 Å². The number of para-hydroxylation sites is 3. The number of rotatable bonds is 3. The van der Waals surface area contributed by atoms with Gasteiger partial charge >= 0.3 is 0 Å². The SMILES string of the molecule is c1ccc(B2c3ccccc3Oc3cc(-n4c5ccccc5c5ccc6c7cccnc7n(-c7ccccc7)c6c54)ccc32)cc1. The Morgan fingerprint density at radius 1 is 0.478 bits per heavy atom. The molecule has 4 heterocycles. The fourth-order valence-electron chi connectivity index (χ4n) is 7.56. The quantitative estimate of drug-likeness (QED) is 0.197. The van der Waals surface area contributed by atoms with Gasteiger partial charge in [0.25, 0.3) is 6.71 Å². The molecule has 0 radical (unpaired) electrons. The molecule has 0 unspecified atom stereocenters. The van der Waals surface area contributed by atoms with Gasteiger partial charge in [-0.15, -0.1) is 0 Å². The van der Waals surface area contributed by atoms with Gasteiger partial charge in [0.05, 0.1) is 16.6 Å². The van der Waals surface area contributed by atoms with Crippen LogP contribution in [0.5, 0.6) is 11.5 Å². The third kappa shape index (κ3) is 3.54. The lowest BCUT2D eigenvalue weighted by Crippen LogP contribution is -2.54. The second-order valence-corrected chi connectivity index (χ2v) is 12.0. The van der Waals surface area contributed by atoms with Crippen LogP contribution in [0.4, 0.5) is 0 Å². The molecule has 0 atom stereocenters. The first-order chi connectivity index (χ1) is 22.8. The van der Waals surface area contributed by atoms with Crippen molar-refractivity contribution >= 4 is 66.8 Å². The lowest BCUT2D eigenvalue weighted by Gasteiger charge is -2.27. The predicted molar refractivity (Wildman–Crippen MR) is 191 cm³/mol. The lowest BCUT2D eigenvalue weighted by molar-refractivity contribution is 0.487. The van der Waals surface area contributed by atoms with Crippen molar-refractivity contribution in [2.45, 2.75) is 0 Å². The number of pyridine rings is 1. The molecular weight excluding hydrogens is 561 g/mol. The van der Waals surface area contributed by atoms with Gasteiger partial charge in [-0.1, -0.05) is 109 Å². The zero-order valence-corrected chi connectivity index (χ0v) is 24.8. The Balaban J connectivity index is 1.31. The monoisotopic (exact) mass is 587 g/mol. The fourth-order valence-corrected chi connectivity index (χ4v) is 7.56. The van der Waals surface area contributed by atoms with Crippen molar-refractivity contribution in [1.29, 1.82) is 0 Å². The van der Waals surface area contributed by atoms with Gasteiger partial charge in [-0.3, -0.25) is 4.57 Å². The van der Waals surface area contributed by atoms with Crippen LogP contribution in [-0.2, 0) is 0 Å². The van der Waals surface area contributed by atoms with Gasteiger partial charge in [-0.2, -0.15) is 0 Å². The Bertz CT molecular complexity index is 2620. The minimum atomic E-state index is 0.0896. The van der Waals surface area contributed by atoms with E-state index in [1.165, 1.54) is 32.5 Å². The average Bonchev–Trinajstić information content (AvgIpc) is 3.64. The van der Waals surface area contributed by atoms with Crippen molar-refractivity contribution < 1.29 is 4.74 Å². The maximum atomic E-state index is 6.69. The zero-order valence-electron chi connectivity index (χ0n) is 24.8. The van der Waals surface area contributed by atoms with Crippen LogP contribution in [0.15, 0.2) is 158 Å². The van der Waals surface area contributed by atoms with Crippen LogP contribution in [0, 0.1) is 0 Å². The van der Waals surface area contributed by atoms with Crippen LogP contribution in [-0.4, -0.2) is 20.8 Å². The van der Waals surface area contributed by atoms with Crippen LogP contribution in [0.25, 0.3) is 55.1 Å². The van der Waals surface area contributed by atoms with Crippen molar-refractivity contribution in [2.24, 2.45) is 0 Å². The number of hydrogen-bond donors (Lipinski definition) is 0. The third-order valence-corrected chi connectivity index (χ3v) is 9.49. The molecule has 214 valence electrons. The van der Waals surface area contributed by atoms with Crippen LogP contribution in [0.3, 0.4) is 0 Å². The van der Waals surface area contributed by atoms with E-state index in [4.69, 9.17) is 9.72 Å². The summed E-state index contributed by atoms with van der Waals surface area (Å²) >= 11 is 0. The molecule has 9 aromatic rings. The molecule has 0 saturated carbocycles. The van der Waals surface area contributed by atoms with Crippen LogP contribution >= 0.6 is 0 Å². The molecule has 1 aliphatic rings. The number of hydrogen-bond acceptors (Lipinski definition) is 2. The van der Waals surface area contributed by atoms with E-state index in [1.54, 1.807) is 0 Å². The number of nitrogens with zero attached hydrogens (tertiary/aromatic N) is 3. The molecule has 1 aliphatic heterocycles. The first kappa shape index (κ1) is 25.3. The van der Waals surface area contributed by atoms with Crippen molar-refractivity contribution in [3.8, 4) is 22.9 Å². The Morgan fingerprint density at radius 3 is 2.02 bits per heavy atom. The molecule has 0 bridgehead atoms. The topological polar surface area (TPSA) is 32.0 Å². The molecule has 0 saturated heterocycles. The fraction of sp³-hybridized carbons (Fsp3) is 0. The molecule has 6 aromatic carbocycles. The van der Waals surface area contributed by atoms with Gasteiger partial charge in [0.2, 0.25) is 0 Å². The van der Waals surface area contributed by atoms with Crippen molar-refractivity contribution in [2.75, 3.05) is 0 Å². The van der Waals surface area contributed by atoms with E-state index in [9.17, 15) is 0 Å². The summed E-state index contributed by atoms with van der Waals surface area (Å²) in [5.74, 6) is 1.79. The summed E-state index contributed by atoms with van der Waals surface area (Å²) in [5, 5.41) is 4.73. The van der Waals surface area contributed by atoms with E-state index in [-0.39, 0.29) is 6.71 Å².